The van der Waals surface area contributed by atoms with E-state index in [2.05, 4.69) is 4.74 Å². The third-order valence-electron chi connectivity index (χ3n) is 2.14. The molecule has 1 heterocycles. The molecule has 0 saturated heterocycles. The van der Waals surface area contributed by atoms with Gasteiger partial charge in [-0.05, 0) is 13.0 Å². The van der Waals surface area contributed by atoms with Crippen molar-refractivity contribution in [3.8, 4) is 0 Å². The number of carbonyl (C=O) groups excluding carboxylic acids is 1. The topological polar surface area (TPSA) is 85.6 Å². The first-order valence-corrected chi connectivity index (χ1v) is 4.50. The fraction of sp³-hybridized carbons (Fsp3) is 0.300. The maximum atomic E-state index is 11.4. The number of esters is 1. The van der Waals surface area contributed by atoms with E-state index >= 15 is 0 Å². The van der Waals surface area contributed by atoms with E-state index in [1.807, 2.05) is 0 Å². The monoisotopic (exact) mass is 225 g/mol. The third-order valence-corrected chi connectivity index (χ3v) is 2.14. The van der Waals surface area contributed by atoms with Crippen LogP contribution >= 0.6 is 0 Å². The summed E-state index contributed by atoms with van der Waals surface area (Å²) in [6.07, 6.45) is 1.12. The molecule has 0 aromatic carbocycles. The average Bonchev–Trinajstić information content (AvgIpc) is 2.27. The van der Waals surface area contributed by atoms with E-state index in [-0.39, 0.29) is 5.56 Å². The number of ether oxygens (including phenoxy) is 1. The van der Waals surface area contributed by atoms with E-state index in [9.17, 15) is 14.4 Å². The van der Waals surface area contributed by atoms with Crippen LogP contribution in [0.2, 0.25) is 0 Å². The summed E-state index contributed by atoms with van der Waals surface area (Å²) in [5.74, 6) is -1.77. The number of methoxy groups -OCH3 is 1. The number of carbonyl (C=O) groups is 2. The number of aromatic carboxylic acids is 1. The Balaban J connectivity index is 3.22. The van der Waals surface area contributed by atoms with E-state index in [0.29, 0.717) is 0 Å². The second-order valence-electron chi connectivity index (χ2n) is 3.17. The first kappa shape index (κ1) is 12.0. The van der Waals surface area contributed by atoms with E-state index in [1.54, 1.807) is 0 Å². The summed E-state index contributed by atoms with van der Waals surface area (Å²) in [4.78, 5) is 33.3. The summed E-state index contributed by atoms with van der Waals surface area (Å²) in [5.41, 5.74) is -0.516. The minimum absolute atomic E-state index is 0.0599. The largest absolute Gasteiger partial charge is 0.478 e. The number of aromatic nitrogens is 1. The molecule has 0 aliphatic carbocycles. The van der Waals surface area contributed by atoms with Crippen LogP contribution < -0.4 is 5.56 Å². The number of hydrogen-bond donors (Lipinski definition) is 1. The lowest BCUT2D eigenvalue weighted by Gasteiger charge is -2.12. The molecule has 1 aromatic rings. The lowest BCUT2D eigenvalue weighted by atomic mass is 10.2. The molecular formula is C10H11NO5. The molecule has 1 aromatic heterocycles. The lowest BCUT2D eigenvalue weighted by Crippen LogP contribution is -2.28. The summed E-state index contributed by atoms with van der Waals surface area (Å²) in [6.45, 7) is 1.46. The van der Waals surface area contributed by atoms with Crippen molar-refractivity contribution in [1.82, 2.24) is 4.57 Å². The van der Waals surface area contributed by atoms with Crippen LogP contribution in [0.4, 0.5) is 0 Å². The van der Waals surface area contributed by atoms with Gasteiger partial charge in [0.05, 0.1) is 12.7 Å². The van der Waals surface area contributed by atoms with Gasteiger partial charge < -0.3 is 14.4 Å². The summed E-state index contributed by atoms with van der Waals surface area (Å²) < 4.78 is 5.50. The third kappa shape index (κ3) is 2.28. The van der Waals surface area contributed by atoms with Crippen molar-refractivity contribution in [3.05, 3.63) is 34.2 Å². The molecule has 0 aliphatic rings. The second-order valence-corrected chi connectivity index (χ2v) is 3.17. The highest BCUT2D eigenvalue weighted by molar-refractivity contribution is 5.87. The highest BCUT2D eigenvalue weighted by atomic mass is 16.5. The number of nitrogens with zero attached hydrogens (tertiary/aromatic N) is 1. The zero-order valence-corrected chi connectivity index (χ0v) is 8.84. The van der Waals surface area contributed by atoms with Crippen LogP contribution in [0.1, 0.15) is 23.3 Å². The zero-order chi connectivity index (χ0) is 12.3. The maximum Gasteiger partial charge on any atom is 0.337 e. The molecule has 0 spiro atoms. The zero-order valence-electron chi connectivity index (χ0n) is 8.84. The van der Waals surface area contributed by atoms with Gasteiger partial charge in [0.2, 0.25) is 0 Å². The Hall–Kier alpha value is -2.11. The summed E-state index contributed by atoms with van der Waals surface area (Å²) in [6, 6.07) is 1.44. The molecule has 1 N–H and O–H groups in total. The first-order valence-electron chi connectivity index (χ1n) is 4.50. The molecule has 0 amide bonds. The molecule has 0 aliphatic heterocycles. The van der Waals surface area contributed by atoms with Crippen molar-refractivity contribution >= 4 is 11.9 Å². The van der Waals surface area contributed by atoms with Gasteiger partial charge in [-0.25, -0.2) is 9.59 Å². The first-order chi connectivity index (χ1) is 7.47. The Morgan fingerprint density at radius 2 is 2.06 bits per heavy atom. The van der Waals surface area contributed by atoms with Gasteiger partial charge in [-0.15, -0.1) is 0 Å². The van der Waals surface area contributed by atoms with Gasteiger partial charge in [-0.1, -0.05) is 0 Å². The molecule has 1 atom stereocenters. The molecule has 0 saturated carbocycles. The fourth-order valence-electron chi connectivity index (χ4n) is 1.22. The molecule has 0 fully saturated rings. The average molecular weight is 225 g/mol. The smallest absolute Gasteiger partial charge is 0.337 e. The molecule has 16 heavy (non-hydrogen) atoms. The number of hydrogen-bond acceptors (Lipinski definition) is 4. The number of carboxylic acids is 1. The van der Waals surface area contributed by atoms with Gasteiger partial charge in [-0.2, -0.15) is 0 Å². The Morgan fingerprint density at radius 3 is 2.56 bits per heavy atom. The second kappa shape index (κ2) is 4.61. The highest BCUT2D eigenvalue weighted by Crippen LogP contribution is 2.06. The molecular weight excluding hydrogens is 214 g/mol. The fourth-order valence-corrected chi connectivity index (χ4v) is 1.22. The van der Waals surface area contributed by atoms with Crippen LogP contribution in [0.15, 0.2) is 23.1 Å². The van der Waals surface area contributed by atoms with Gasteiger partial charge in [0, 0.05) is 12.3 Å². The number of pyridine rings is 1. The van der Waals surface area contributed by atoms with E-state index < -0.39 is 23.5 Å². The highest BCUT2D eigenvalue weighted by Gasteiger charge is 2.17. The van der Waals surface area contributed by atoms with Crippen LogP contribution in [0.25, 0.3) is 0 Å². The van der Waals surface area contributed by atoms with Crippen molar-refractivity contribution in [2.24, 2.45) is 0 Å². The Kier molecular flexibility index (Phi) is 3.44. The van der Waals surface area contributed by atoms with Crippen molar-refractivity contribution in [1.29, 1.82) is 0 Å². The molecule has 0 bridgehead atoms. The maximum absolute atomic E-state index is 11.4. The van der Waals surface area contributed by atoms with Gasteiger partial charge in [0.15, 0.2) is 0 Å². The quantitative estimate of drug-likeness (QED) is 0.747. The van der Waals surface area contributed by atoms with Gasteiger partial charge in [0.25, 0.3) is 5.56 Å². The van der Waals surface area contributed by atoms with Gasteiger partial charge >= 0.3 is 11.9 Å². The molecule has 1 unspecified atom stereocenters. The lowest BCUT2D eigenvalue weighted by molar-refractivity contribution is -0.144. The molecule has 1 rings (SSSR count). The van der Waals surface area contributed by atoms with Crippen LogP contribution in [0, 0.1) is 0 Å². The number of rotatable bonds is 3. The Morgan fingerprint density at radius 1 is 1.44 bits per heavy atom. The Bertz CT molecular complexity index is 476. The van der Waals surface area contributed by atoms with Gasteiger partial charge in [0.1, 0.15) is 6.04 Å². The van der Waals surface area contributed by atoms with Crippen LogP contribution in [0.5, 0.6) is 0 Å². The minimum atomic E-state index is -1.16. The minimum Gasteiger partial charge on any atom is -0.478 e. The Labute approximate surface area is 91.1 Å². The normalized spacial score (nSPS) is 11.9. The van der Waals surface area contributed by atoms with Crippen molar-refractivity contribution in [3.63, 3.8) is 0 Å². The van der Waals surface area contributed by atoms with Gasteiger partial charge in [-0.3, -0.25) is 4.79 Å². The molecule has 86 valence electrons. The predicted molar refractivity (Wildman–Crippen MR) is 54.4 cm³/mol. The summed E-state index contributed by atoms with van der Waals surface area (Å²) in [7, 11) is 1.20. The van der Waals surface area contributed by atoms with Crippen LogP contribution in [-0.4, -0.2) is 28.7 Å². The van der Waals surface area contributed by atoms with Crippen LogP contribution in [-0.2, 0) is 9.53 Å². The van der Waals surface area contributed by atoms with Crippen molar-refractivity contribution in [2.45, 2.75) is 13.0 Å². The SMILES string of the molecule is COC(=O)C(C)n1cc(C(=O)O)ccc1=O. The van der Waals surface area contributed by atoms with Crippen molar-refractivity contribution < 1.29 is 19.4 Å². The molecule has 0 radical (unpaired) electrons. The number of carboxylic acid groups (broad SMARTS) is 1. The summed E-state index contributed by atoms with van der Waals surface area (Å²) in [5, 5.41) is 8.75. The van der Waals surface area contributed by atoms with E-state index in [4.69, 9.17) is 5.11 Å². The molecule has 6 heteroatoms. The summed E-state index contributed by atoms with van der Waals surface area (Å²) >= 11 is 0. The van der Waals surface area contributed by atoms with E-state index in [0.717, 1.165) is 16.8 Å². The van der Waals surface area contributed by atoms with E-state index in [1.165, 1.54) is 20.1 Å². The standard InChI is InChI=1S/C10H11NO5/c1-6(10(15)16-2)11-5-7(9(13)14)3-4-8(11)12/h3-6H,1-2H3,(H,13,14). The predicted octanol–water partition coefficient (Wildman–Crippen LogP) is 0.281. The molecule has 6 nitrogen and oxygen atoms in total. The van der Waals surface area contributed by atoms with Crippen LogP contribution in [0.3, 0.4) is 0 Å². The van der Waals surface area contributed by atoms with Crippen molar-refractivity contribution in [2.75, 3.05) is 7.11 Å².